The van der Waals surface area contributed by atoms with Gasteiger partial charge in [-0.15, -0.1) is 11.3 Å². The summed E-state index contributed by atoms with van der Waals surface area (Å²) in [6.07, 6.45) is 6.17. The number of hydrogen-bond donors (Lipinski definition) is 1. The van der Waals surface area contributed by atoms with Gasteiger partial charge in [-0.3, -0.25) is 4.98 Å². The van der Waals surface area contributed by atoms with Gasteiger partial charge in [-0.25, -0.2) is 9.97 Å². The lowest BCUT2D eigenvalue weighted by Crippen LogP contribution is -2.04. The minimum atomic E-state index is 0.468. The van der Waals surface area contributed by atoms with E-state index in [4.69, 9.17) is 16.3 Å². The Kier molecular flexibility index (Phi) is 4.38. The van der Waals surface area contributed by atoms with Crippen molar-refractivity contribution in [2.75, 3.05) is 6.61 Å². The molecule has 6 nitrogen and oxygen atoms in total. The zero-order valence-corrected chi connectivity index (χ0v) is 16.2. The molecule has 0 unspecified atom stereocenters. The van der Waals surface area contributed by atoms with Crippen LogP contribution in [0.4, 0.5) is 0 Å². The number of pyridine rings is 1. The lowest BCUT2D eigenvalue weighted by molar-refractivity contribution is 0.313. The van der Waals surface area contributed by atoms with E-state index in [0.29, 0.717) is 23.8 Å². The van der Waals surface area contributed by atoms with Gasteiger partial charge in [-0.2, -0.15) is 4.98 Å². The Balaban J connectivity index is 1.41. The van der Waals surface area contributed by atoms with Gasteiger partial charge in [0.2, 0.25) is 5.88 Å². The number of halogens is 1. The van der Waals surface area contributed by atoms with Crippen LogP contribution in [-0.4, -0.2) is 31.5 Å². The van der Waals surface area contributed by atoms with E-state index < -0.39 is 0 Å². The van der Waals surface area contributed by atoms with Crippen molar-refractivity contribution in [2.24, 2.45) is 0 Å². The lowest BCUT2D eigenvalue weighted by Gasteiger charge is -2.07. The van der Waals surface area contributed by atoms with Gasteiger partial charge < -0.3 is 9.72 Å². The number of H-pyrrole nitrogens is 1. The fourth-order valence-corrected chi connectivity index (χ4v) is 3.90. The summed E-state index contributed by atoms with van der Waals surface area (Å²) >= 11 is 7.59. The second-order valence-corrected chi connectivity index (χ2v) is 7.47. The van der Waals surface area contributed by atoms with Crippen LogP contribution in [0.3, 0.4) is 0 Å². The molecule has 0 bridgehead atoms. The number of aromatic nitrogens is 5. The Bertz CT molecular complexity index is 1270. The van der Waals surface area contributed by atoms with Crippen LogP contribution in [0.5, 0.6) is 5.88 Å². The van der Waals surface area contributed by atoms with Crippen molar-refractivity contribution in [3.63, 3.8) is 0 Å². The number of nitrogens with zero attached hydrogens (tertiary/aromatic N) is 4. The van der Waals surface area contributed by atoms with Crippen molar-refractivity contribution >= 4 is 44.2 Å². The van der Waals surface area contributed by atoms with Crippen LogP contribution < -0.4 is 4.74 Å². The van der Waals surface area contributed by atoms with Crippen LogP contribution in [-0.2, 0) is 6.42 Å². The molecule has 0 radical (unpaired) electrons. The monoisotopic (exact) mass is 407 g/mol. The van der Waals surface area contributed by atoms with Gasteiger partial charge in [0.05, 0.1) is 12.1 Å². The van der Waals surface area contributed by atoms with E-state index in [2.05, 4.69) is 24.9 Å². The number of aromatic amines is 1. The summed E-state index contributed by atoms with van der Waals surface area (Å²) in [7, 11) is 0. The van der Waals surface area contributed by atoms with Gasteiger partial charge in [0.1, 0.15) is 0 Å². The fourth-order valence-electron chi connectivity index (χ4n) is 3.08. The molecule has 0 saturated carbocycles. The van der Waals surface area contributed by atoms with Crippen molar-refractivity contribution in [1.29, 1.82) is 0 Å². The first-order chi connectivity index (χ1) is 13.8. The Morgan fingerprint density at radius 2 is 2.14 bits per heavy atom. The van der Waals surface area contributed by atoms with Gasteiger partial charge in [-0.1, -0.05) is 11.6 Å². The van der Waals surface area contributed by atoms with Gasteiger partial charge in [0.25, 0.3) is 0 Å². The quantitative estimate of drug-likeness (QED) is 0.448. The second kappa shape index (κ2) is 7.18. The molecule has 0 spiro atoms. The highest BCUT2D eigenvalue weighted by Crippen LogP contribution is 2.28. The van der Waals surface area contributed by atoms with Crippen LogP contribution in [0.25, 0.3) is 32.6 Å². The molecule has 8 heteroatoms. The van der Waals surface area contributed by atoms with E-state index in [1.165, 1.54) is 11.3 Å². The maximum atomic E-state index is 6.13. The predicted octanol–water partition coefficient (Wildman–Crippen LogP) is 4.90. The minimum absolute atomic E-state index is 0.468. The number of hydrogen-bond acceptors (Lipinski definition) is 6. The van der Waals surface area contributed by atoms with E-state index in [-0.39, 0.29) is 0 Å². The first-order valence-electron chi connectivity index (χ1n) is 8.68. The molecule has 0 saturated heterocycles. The molecule has 4 heterocycles. The Hall–Kier alpha value is -3.03. The highest BCUT2D eigenvalue weighted by Gasteiger charge is 2.13. The number of fused-ring (bicyclic) bond motifs is 2. The van der Waals surface area contributed by atoms with E-state index in [0.717, 1.165) is 38.3 Å². The van der Waals surface area contributed by atoms with Crippen molar-refractivity contribution in [1.82, 2.24) is 24.9 Å². The molecule has 0 aliphatic heterocycles. The summed E-state index contributed by atoms with van der Waals surface area (Å²) in [6, 6.07) is 9.60. The van der Waals surface area contributed by atoms with E-state index in [9.17, 15) is 0 Å². The molecule has 0 atom stereocenters. The van der Waals surface area contributed by atoms with Gasteiger partial charge in [0.15, 0.2) is 16.2 Å². The van der Waals surface area contributed by atoms with E-state index >= 15 is 0 Å². The van der Waals surface area contributed by atoms with Gasteiger partial charge in [-0.05, 0) is 35.9 Å². The molecule has 0 aliphatic carbocycles. The summed E-state index contributed by atoms with van der Waals surface area (Å²) in [5.74, 6) is 1.07. The molecule has 0 fully saturated rings. The third-order valence-electron chi connectivity index (χ3n) is 4.43. The summed E-state index contributed by atoms with van der Waals surface area (Å²) in [4.78, 5) is 21.7. The van der Waals surface area contributed by atoms with Crippen LogP contribution in [0.2, 0.25) is 5.02 Å². The molecule has 0 amide bonds. The molecule has 28 heavy (non-hydrogen) atoms. The van der Waals surface area contributed by atoms with Crippen LogP contribution in [0, 0.1) is 0 Å². The van der Waals surface area contributed by atoms with Crippen LogP contribution >= 0.6 is 22.9 Å². The molecule has 0 aliphatic rings. The average molecular weight is 408 g/mol. The van der Waals surface area contributed by atoms with Gasteiger partial charge >= 0.3 is 0 Å². The first kappa shape index (κ1) is 17.1. The lowest BCUT2D eigenvalue weighted by atomic mass is 10.1. The van der Waals surface area contributed by atoms with Crippen molar-refractivity contribution in [3.8, 4) is 17.3 Å². The Labute approximate surface area is 169 Å². The number of rotatable bonds is 5. The highest BCUT2D eigenvalue weighted by molar-refractivity contribution is 7.16. The third-order valence-corrected chi connectivity index (χ3v) is 5.38. The molecular formula is C20H14ClN5OS. The molecule has 5 aromatic rings. The van der Waals surface area contributed by atoms with Crippen LogP contribution in [0.15, 0.2) is 54.4 Å². The summed E-state index contributed by atoms with van der Waals surface area (Å²) in [6.45, 7) is 0.468. The molecule has 138 valence electrons. The normalized spacial score (nSPS) is 11.3. The number of nitrogens with one attached hydrogen (secondary N) is 1. The Morgan fingerprint density at radius 3 is 3.04 bits per heavy atom. The number of thiazole rings is 1. The van der Waals surface area contributed by atoms with Crippen molar-refractivity contribution in [3.05, 3.63) is 65.0 Å². The maximum absolute atomic E-state index is 6.13. The van der Waals surface area contributed by atoms with Crippen molar-refractivity contribution in [2.45, 2.75) is 6.42 Å². The highest BCUT2D eigenvalue weighted by atomic mass is 35.5. The predicted molar refractivity (Wildman–Crippen MR) is 111 cm³/mol. The zero-order chi connectivity index (χ0) is 18.9. The molecule has 1 N–H and O–H groups in total. The standard InChI is InChI=1S/C20H14ClN5OS/c21-14-3-4-16-15(8-14)12(10-23-16)5-7-27-19-17-20(28-11-24-17)26-18(25-19)13-2-1-6-22-9-13/h1-4,6,8-11,23H,5,7H2. The SMILES string of the molecule is Clc1ccc2[nH]cc(CCOc3nc(-c4cccnc4)nc4scnc34)c2c1. The van der Waals surface area contributed by atoms with Gasteiger partial charge in [0, 0.05) is 46.5 Å². The fraction of sp³-hybridized carbons (Fsp3) is 0.100. The van der Waals surface area contributed by atoms with E-state index in [1.54, 1.807) is 17.9 Å². The first-order valence-corrected chi connectivity index (χ1v) is 9.93. The van der Waals surface area contributed by atoms with E-state index in [1.807, 2.05) is 36.5 Å². The average Bonchev–Trinajstić information content (AvgIpc) is 3.35. The maximum Gasteiger partial charge on any atom is 0.245 e. The summed E-state index contributed by atoms with van der Waals surface area (Å²) < 4.78 is 6.02. The summed E-state index contributed by atoms with van der Waals surface area (Å²) in [5.41, 5.74) is 5.48. The smallest absolute Gasteiger partial charge is 0.245 e. The molecule has 1 aromatic carbocycles. The molecule has 5 rings (SSSR count). The molecule has 4 aromatic heterocycles. The number of benzene rings is 1. The minimum Gasteiger partial charge on any atom is -0.476 e. The Morgan fingerprint density at radius 1 is 1.18 bits per heavy atom. The van der Waals surface area contributed by atoms with Crippen molar-refractivity contribution < 1.29 is 4.74 Å². The molecular weight excluding hydrogens is 394 g/mol. The second-order valence-electron chi connectivity index (χ2n) is 6.20. The summed E-state index contributed by atoms with van der Waals surface area (Å²) in [5, 5.41) is 1.82. The van der Waals surface area contributed by atoms with Crippen LogP contribution in [0.1, 0.15) is 5.56 Å². The zero-order valence-electron chi connectivity index (χ0n) is 14.6. The number of ether oxygens (including phenoxy) is 1. The largest absolute Gasteiger partial charge is 0.476 e. The third kappa shape index (κ3) is 3.19. The topological polar surface area (TPSA) is 76.6 Å².